The van der Waals surface area contributed by atoms with E-state index in [-0.39, 0.29) is 5.92 Å². The molecule has 1 saturated carbocycles. The topological polar surface area (TPSA) is 17.1 Å². The van der Waals surface area contributed by atoms with Crippen LogP contribution < -0.4 is 0 Å². The minimum atomic E-state index is 0.288. The summed E-state index contributed by atoms with van der Waals surface area (Å²) < 4.78 is 0. The molecule has 0 aliphatic heterocycles. The summed E-state index contributed by atoms with van der Waals surface area (Å²) in [6, 6.07) is 6.57. The number of carbonyl (C=O) groups is 1. The van der Waals surface area contributed by atoms with E-state index in [0.717, 1.165) is 25.7 Å². The highest BCUT2D eigenvalue weighted by Gasteiger charge is 2.22. The van der Waals surface area contributed by atoms with Gasteiger partial charge in [0.1, 0.15) is 5.78 Å². The van der Waals surface area contributed by atoms with Crippen molar-refractivity contribution in [2.75, 3.05) is 0 Å². The Morgan fingerprint density at radius 2 is 2.00 bits per heavy atom. The van der Waals surface area contributed by atoms with E-state index in [0.29, 0.717) is 5.78 Å². The van der Waals surface area contributed by atoms with Crippen LogP contribution >= 0.6 is 0 Å². The molecule has 0 N–H and O–H groups in total. The largest absolute Gasteiger partial charge is 0.299 e. The maximum atomic E-state index is 11.8. The molecule has 1 atom stereocenters. The van der Waals surface area contributed by atoms with E-state index in [1.54, 1.807) is 0 Å². The Morgan fingerprint density at radius 3 is 2.69 bits per heavy atom. The minimum absolute atomic E-state index is 0.288. The maximum Gasteiger partial charge on any atom is 0.136 e. The van der Waals surface area contributed by atoms with Crippen LogP contribution in [0.15, 0.2) is 18.2 Å². The number of rotatable bonds is 2. The van der Waals surface area contributed by atoms with Crippen molar-refractivity contribution in [3.8, 4) is 0 Å². The molecule has 0 heterocycles. The van der Waals surface area contributed by atoms with Crippen molar-refractivity contribution in [3.63, 3.8) is 0 Å². The first kappa shape index (κ1) is 11.4. The molecule has 1 aliphatic carbocycles. The van der Waals surface area contributed by atoms with E-state index >= 15 is 0 Å². The zero-order chi connectivity index (χ0) is 11.5. The first-order valence-corrected chi connectivity index (χ1v) is 6.25. The Morgan fingerprint density at radius 1 is 1.19 bits per heavy atom. The fourth-order valence-corrected chi connectivity index (χ4v) is 2.49. The number of aryl methyl sites for hydroxylation is 2. The number of hydrogen-bond acceptors (Lipinski definition) is 1. The Kier molecular flexibility index (Phi) is 3.42. The molecular weight excluding hydrogens is 196 g/mol. The highest BCUT2D eigenvalue weighted by molar-refractivity contribution is 5.81. The fourth-order valence-electron chi connectivity index (χ4n) is 2.49. The van der Waals surface area contributed by atoms with Crippen molar-refractivity contribution < 1.29 is 4.79 Å². The van der Waals surface area contributed by atoms with Gasteiger partial charge in [0.05, 0.1) is 0 Å². The van der Waals surface area contributed by atoms with E-state index in [2.05, 4.69) is 32.0 Å². The lowest BCUT2D eigenvalue weighted by Gasteiger charge is -2.20. The predicted molar refractivity (Wildman–Crippen MR) is 66.6 cm³/mol. The predicted octanol–water partition coefficient (Wildman–Crippen LogP) is 3.61. The third-order valence-corrected chi connectivity index (χ3v) is 3.73. The van der Waals surface area contributed by atoms with E-state index in [1.807, 2.05) is 0 Å². The highest BCUT2D eigenvalue weighted by Crippen LogP contribution is 2.24. The van der Waals surface area contributed by atoms with Gasteiger partial charge in [0.2, 0.25) is 0 Å². The smallest absolute Gasteiger partial charge is 0.136 e. The van der Waals surface area contributed by atoms with Gasteiger partial charge in [-0.2, -0.15) is 0 Å². The molecule has 0 saturated heterocycles. The maximum absolute atomic E-state index is 11.8. The Balaban J connectivity index is 2.08. The normalized spacial score (nSPS) is 21.1. The third-order valence-electron chi connectivity index (χ3n) is 3.73. The summed E-state index contributed by atoms with van der Waals surface area (Å²) >= 11 is 0. The standard InChI is InChI=1S/C15H20O/c1-11-7-8-13(9-12(11)2)10-14-5-3-4-6-15(14)16/h7-9,14H,3-6,10H2,1-2H3. The minimum Gasteiger partial charge on any atom is -0.299 e. The average molecular weight is 216 g/mol. The second kappa shape index (κ2) is 4.82. The van der Waals surface area contributed by atoms with Gasteiger partial charge in [-0.25, -0.2) is 0 Å². The van der Waals surface area contributed by atoms with Gasteiger partial charge in [0, 0.05) is 12.3 Å². The van der Waals surface area contributed by atoms with Gasteiger partial charge in [0.25, 0.3) is 0 Å². The first-order chi connectivity index (χ1) is 7.66. The van der Waals surface area contributed by atoms with Gasteiger partial charge in [0.15, 0.2) is 0 Å². The Bertz CT molecular complexity index is 392. The van der Waals surface area contributed by atoms with Crippen LogP contribution in [-0.2, 0) is 11.2 Å². The van der Waals surface area contributed by atoms with Gasteiger partial charge in [-0.05, 0) is 49.8 Å². The molecule has 1 heteroatoms. The van der Waals surface area contributed by atoms with Crippen molar-refractivity contribution in [3.05, 3.63) is 34.9 Å². The number of hydrogen-bond donors (Lipinski definition) is 0. The van der Waals surface area contributed by atoms with Gasteiger partial charge < -0.3 is 0 Å². The van der Waals surface area contributed by atoms with Crippen LogP contribution in [0.1, 0.15) is 42.4 Å². The lowest BCUT2D eigenvalue weighted by Crippen LogP contribution is -2.21. The summed E-state index contributed by atoms with van der Waals surface area (Å²) in [5.74, 6) is 0.764. The molecule has 0 aromatic heterocycles. The Labute approximate surface area is 97.9 Å². The van der Waals surface area contributed by atoms with Crippen LogP contribution in [0, 0.1) is 19.8 Å². The quantitative estimate of drug-likeness (QED) is 0.738. The molecule has 1 aromatic rings. The summed E-state index contributed by atoms with van der Waals surface area (Å²) in [4.78, 5) is 11.8. The summed E-state index contributed by atoms with van der Waals surface area (Å²) in [6.07, 6.45) is 5.16. The van der Waals surface area contributed by atoms with E-state index < -0.39 is 0 Å². The molecule has 0 bridgehead atoms. The van der Waals surface area contributed by atoms with Crippen LogP contribution in [0.4, 0.5) is 0 Å². The molecule has 0 radical (unpaired) electrons. The number of carbonyl (C=O) groups excluding carboxylic acids is 1. The lowest BCUT2D eigenvalue weighted by molar-refractivity contribution is -0.124. The van der Waals surface area contributed by atoms with Crippen LogP contribution in [0.5, 0.6) is 0 Å². The van der Waals surface area contributed by atoms with Crippen LogP contribution in [0.3, 0.4) is 0 Å². The first-order valence-electron chi connectivity index (χ1n) is 6.25. The van der Waals surface area contributed by atoms with Gasteiger partial charge in [-0.15, -0.1) is 0 Å². The number of ketones is 1. The number of Topliss-reactive ketones (excluding diaryl/α,β-unsaturated/α-hetero) is 1. The van der Waals surface area contributed by atoms with Crippen molar-refractivity contribution >= 4 is 5.78 Å². The summed E-state index contributed by atoms with van der Waals surface area (Å²) in [5, 5.41) is 0. The van der Waals surface area contributed by atoms with Gasteiger partial charge in [-0.1, -0.05) is 24.6 Å². The molecule has 86 valence electrons. The van der Waals surface area contributed by atoms with Crippen molar-refractivity contribution in [2.45, 2.75) is 46.0 Å². The zero-order valence-electron chi connectivity index (χ0n) is 10.3. The summed E-state index contributed by atoms with van der Waals surface area (Å²) in [6.45, 7) is 4.27. The molecular formula is C15H20O. The molecule has 1 aliphatic rings. The molecule has 0 spiro atoms. The van der Waals surface area contributed by atoms with Crippen LogP contribution in [-0.4, -0.2) is 5.78 Å². The molecule has 16 heavy (non-hydrogen) atoms. The molecule has 1 unspecified atom stereocenters. The van der Waals surface area contributed by atoms with Gasteiger partial charge >= 0.3 is 0 Å². The fraction of sp³-hybridized carbons (Fsp3) is 0.533. The molecule has 1 nitrogen and oxygen atoms in total. The Hall–Kier alpha value is -1.11. The van der Waals surface area contributed by atoms with E-state index in [4.69, 9.17) is 0 Å². The van der Waals surface area contributed by atoms with Crippen molar-refractivity contribution in [2.24, 2.45) is 5.92 Å². The van der Waals surface area contributed by atoms with E-state index in [9.17, 15) is 4.79 Å². The third kappa shape index (κ3) is 2.52. The van der Waals surface area contributed by atoms with E-state index in [1.165, 1.54) is 23.1 Å². The highest BCUT2D eigenvalue weighted by atomic mass is 16.1. The SMILES string of the molecule is Cc1ccc(CC2CCCCC2=O)cc1C. The monoisotopic (exact) mass is 216 g/mol. The van der Waals surface area contributed by atoms with Gasteiger partial charge in [-0.3, -0.25) is 4.79 Å². The second-order valence-electron chi connectivity index (χ2n) is 5.03. The summed E-state index contributed by atoms with van der Waals surface area (Å²) in [5.41, 5.74) is 3.99. The zero-order valence-corrected chi connectivity index (χ0v) is 10.3. The lowest BCUT2D eigenvalue weighted by atomic mass is 9.83. The molecule has 1 fully saturated rings. The average Bonchev–Trinajstić information content (AvgIpc) is 2.27. The molecule has 0 amide bonds. The number of benzene rings is 1. The summed E-state index contributed by atoms with van der Waals surface area (Å²) in [7, 11) is 0. The van der Waals surface area contributed by atoms with Crippen LogP contribution in [0.2, 0.25) is 0 Å². The second-order valence-corrected chi connectivity index (χ2v) is 5.03. The van der Waals surface area contributed by atoms with Crippen LogP contribution in [0.25, 0.3) is 0 Å². The molecule has 2 rings (SSSR count). The van der Waals surface area contributed by atoms with Crippen molar-refractivity contribution in [1.29, 1.82) is 0 Å². The van der Waals surface area contributed by atoms with Crippen molar-refractivity contribution in [1.82, 2.24) is 0 Å². The molecule has 1 aromatic carbocycles.